The number of hydrogen-bond acceptors (Lipinski definition) is 4. The van der Waals surface area contributed by atoms with Gasteiger partial charge in [0.05, 0.1) is 12.6 Å². The van der Waals surface area contributed by atoms with Crippen LogP contribution in [0, 0.1) is 5.82 Å². The topological polar surface area (TPSA) is 83.9 Å². The Hall–Kier alpha value is -3.36. The van der Waals surface area contributed by atoms with Crippen LogP contribution in [0.3, 0.4) is 0 Å². The molecule has 1 unspecified atom stereocenters. The molecule has 0 bridgehead atoms. The van der Waals surface area contributed by atoms with Crippen LogP contribution in [0.4, 0.5) is 9.18 Å². The van der Waals surface area contributed by atoms with Crippen molar-refractivity contribution in [3.63, 3.8) is 0 Å². The molecular weight excluding hydrogens is 415 g/mol. The fraction of sp³-hybridized carbons (Fsp3) is 0.435. The van der Waals surface area contributed by atoms with Crippen molar-refractivity contribution in [2.75, 3.05) is 26.2 Å². The zero-order valence-corrected chi connectivity index (χ0v) is 18.6. The minimum absolute atomic E-state index is 0.148. The molecule has 8 nitrogen and oxygen atoms in total. The number of urea groups is 1. The highest BCUT2D eigenvalue weighted by molar-refractivity contribution is 5.86. The maximum absolute atomic E-state index is 13.5. The number of halogens is 1. The van der Waals surface area contributed by atoms with E-state index in [-0.39, 0.29) is 43.5 Å². The fourth-order valence-corrected chi connectivity index (χ4v) is 3.83. The summed E-state index contributed by atoms with van der Waals surface area (Å²) < 4.78 is 20.4. The molecule has 1 N–H and O–H groups in total. The second-order valence-corrected chi connectivity index (χ2v) is 7.85. The van der Waals surface area contributed by atoms with Gasteiger partial charge in [-0.1, -0.05) is 12.1 Å². The van der Waals surface area contributed by atoms with Crippen molar-refractivity contribution < 1.29 is 23.5 Å². The predicted octanol–water partition coefficient (Wildman–Crippen LogP) is 2.54. The average Bonchev–Trinajstić information content (AvgIpc) is 3.24. The van der Waals surface area contributed by atoms with Crippen molar-refractivity contribution in [2.24, 2.45) is 0 Å². The highest BCUT2D eigenvalue weighted by atomic mass is 19.1. The van der Waals surface area contributed by atoms with E-state index < -0.39 is 12.0 Å². The first-order valence-electron chi connectivity index (χ1n) is 10.7. The Labute approximate surface area is 186 Å². The van der Waals surface area contributed by atoms with Crippen molar-refractivity contribution in [3.8, 4) is 0 Å². The van der Waals surface area contributed by atoms with Gasteiger partial charge in [0.2, 0.25) is 5.91 Å². The number of nitrogens with one attached hydrogen (secondary N) is 1. The first kappa shape index (κ1) is 23.3. The highest BCUT2D eigenvalue weighted by Gasteiger charge is 2.34. The number of rotatable bonds is 7. The van der Waals surface area contributed by atoms with Gasteiger partial charge in [0.25, 0.3) is 0 Å². The van der Waals surface area contributed by atoms with Crippen molar-refractivity contribution in [1.82, 2.24) is 19.7 Å². The molecule has 172 valence electrons. The van der Waals surface area contributed by atoms with Gasteiger partial charge in [-0.15, -0.1) is 0 Å². The lowest BCUT2D eigenvalue weighted by Gasteiger charge is -2.39. The van der Waals surface area contributed by atoms with Gasteiger partial charge in [0, 0.05) is 31.0 Å². The molecule has 1 aromatic heterocycles. The Morgan fingerprint density at radius 1 is 1.19 bits per heavy atom. The predicted molar refractivity (Wildman–Crippen MR) is 116 cm³/mol. The number of amides is 3. The van der Waals surface area contributed by atoms with Crippen LogP contribution in [0.25, 0.3) is 0 Å². The lowest BCUT2D eigenvalue weighted by atomic mass is 9.99. The third-order valence-corrected chi connectivity index (χ3v) is 5.42. The summed E-state index contributed by atoms with van der Waals surface area (Å²) in [5.74, 6) is -1.11. The number of carbonyl (C=O) groups excluding carboxylic acids is 3. The van der Waals surface area contributed by atoms with E-state index in [1.54, 1.807) is 37.8 Å². The van der Waals surface area contributed by atoms with E-state index in [4.69, 9.17) is 4.74 Å². The van der Waals surface area contributed by atoms with Crippen LogP contribution >= 0.6 is 0 Å². The van der Waals surface area contributed by atoms with Gasteiger partial charge in [-0.05, 0) is 50.6 Å². The summed E-state index contributed by atoms with van der Waals surface area (Å²) in [6.07, 6.45) is 1.96. The molecule has 32 heavy (non-hydrogen) atoms. The number of carbonyl (C=O) groups is 3. The van der Waals surface area contributed by atoms with E-state index >= 15 is 0 Å². The summed E-state index contributed by atoms with van der Waals surface area (Å²) in [4.78, 5) is 40.7. The normalized spacial score (nSPS) is 15.3. The van der Waals surface area contributed by atoms with Crippen LogP contribution in [0.2, 0.25) is 0 Å². The lowest BCUT2D eigenvalue weighted by Crippen LogP contribution is -2.52. The summed E-state index contributed by atoms with van der Waals surface area (Å²) >= 11 is 0. The highest BCUT2D eigenvalue weighted by Crippen LogP contribution is 2.32. The van der Waals surface area contributed by atoms with Gasteiger partial charge in [-0.2, -0.15) is 0 Å². The Morgan fingerprint density at radius 2 is 1.91 bits per heavy atom. The van der Waals surface area contributed by atoms with Crippen molar-refractivity contribution in [3.05, 3.63) is 59.7 Å². The number of nitrogens with zero attached hydrogens (tertiary/aromatic N) is 3. The third-order valence-electron chi connectivity index (χ3n) is 5.42. The molecule has 1 aliphatic rings. The summed E-state index contributed by atoms with van der Waals surface area (Å²) in [5, 5.41) is 2.51. The SMILES string of the molecule is CCOC(=O)CNC(=O)N(CC(=O)N1CCn2cccc2C1c1ccc(F)cc1)C(C)C. The standard InChI is InChI=1S/C23H29FN4O4/c1-4-32-21(30)14-25-23(31)28(16(2)3)15-20(29)27-13-12-26-11-5-6-19(26)22(27)17-7-9-18(24)10-8-17/h5-11,16,22H,4,12-15H2,1-3H3,(H,25,31). The zero-order chi connectivity index (χ0) is 23.3. The first-order chi connectivity index (χ1) is 15.3. The van der Waals surface area contributed by atoms with Crippen LogP contribution in [0.15, 0.2) is 42.6 Å². The first-order valence-corrected chi connectivity index (χ1v) is 10.7. The molecule has 1 atom stereocenters. The van der Waals surface area contributed by atoms with Gasteiger partial charge in [-0.3, -0.25) is 9.59 Å². The molecule has 3 amide bonds. The third kappa shape index (κ3) is 5.27. The summed E-state index contributed by atoms with van der Waals surface area (Å²) in [6.45, 7) is 6.19. The Balaban J connectivity index is 1.78. The van der Waals surface area contributed by atoms with Crippen LogP contribution < -0.4 is 5.32 Å². The smallest absolute Gasteiger partial charge is 0.325 e. The number of ether oxygens (including phenoxy) is 1. The minimum atomic E-state index is -0.538. The molecular formula is C23H29FN4O4. The zero-order valence-electron chi connectivity index (χ0n) is 18.6. The van der Waals surface area contributed by atoms with E-state index in [0.29, 0.717) is 13.1 Å². The van der Waals surface area contributed by atoms with Crippen molar-refractivity contribution >= 4 is 17.9 Å². The Kier molecular flexibility index (Phi) is 7.50. The van der Waals surface area contributed by atoms with Crippen LogP contribution in [-0.4, -0.2) is 64.6 Å². The lowest BCUT2D eigenvalue weighted by molar-refractivity contribution is -0.141. The molecule has 0 saturated heterocycles. The fourth-order valence-electron chi connectivity index (χ4n) is 3.83. The molecule has 2 aromatic rings. The second-order valence-electron chi connectivity index (χ2n) is 7.85. The number of aromatic nitrogens is 1. The quantitative estimate of drug-likeness (QED) is 0.666. The number of fused-ring (bicyclic) bond motifs is 1. The summed E-state index contributed by atoms with van der Waals surface area (Å²) in [7, 11) is 0. The summed E-state index contributed by atoms with van der Waals surface area (Å²) in [5.41, 5.74) is 1.72. The monoisotopic (exact) mass is 444 g/mol. The van der Waals surface area contributed by atoms with E-state index in [1.165, 1.54) is 17.0 Å². The summed E-state index contributed by atoms with van der Waals surface area (Å²) in [6, 6.07) is 8.81. The van der Waals surface area contributed by atoms with Gasteiger partial charge in [0.1, 0.15) is 18.9 Å². The van der Waals surface area contributed by atoms with Gasteiger partial charge < -0.3 is 24.4 Å². The Morgan fingerprint density at radius 3 is 2.56 bits per heavy atom. The number of benzene rings is 1. The average molecular weight is 445 g/mol. The molecule has 0 saturated carbocycles. The van der Waals surface area contributed by atoms with Gasteiger partial charge in [0.15, 0.2) is 0 Å². The maximum Gasteiger partial charge on any atom is 0.325 e. The molecule has 9 heteroatoms. The van der Waals surface area contributed by atoms with Gasteiger partial charge >= 0.3 is 12.0 Å². The molecule has 1 aliphatic heterocycles. The van der Waals surface area contributed by atoms with Crippen molar-refractivity contribution in [1.29, 1.82) is 0 Å². The largest absolute Gasteiger partial charge is 0.465 e. The van der Waals surface area contributed by atoms with E-state index in [9.17, 15) is 18.8 Å². The molecule has 1 aromatic carbocycles. The van der Waals surface area contributed by atoms with Crippen molar-refractivity contribution in [2.45, 2.75) is 39.4 Å². The molecule has 3 rings (SSSR count). The molecule has 0 aliphatic carbocycles. The molecule has 0 radical (unpaired) electrons. The van der Waals surface area contributed by atoms with Crippen LogP contribution in [0.1, 0.15) is 38.1 Å². The molecule has 0 fully saturated rings. The maximum atomic E-state index is 13.5. The Bertz CT molecular complexity index is 957. The molecule has 2 heterocycles. The molecule has 0 spiro atoms. The van der Waals surface area contributed by atoms with E-state index in [2.05, 4.69) is 9.88 Å². The number of esters is 1. The number of hydrogen-bond donors (Lipinski definition) is 1. The van der Waals surface area contributed by atoms with Crippen LogP contribution in [-0.2, 0) is 20.9 Å². The second kappa shape index (κ2) is 10.3. The minimum Gasteiger partial charge on any atom is -0.465 e. The van der Waals surface area contributed by atoms with Gasteiger partial charge in [-0.25, -0.2) is 9.18 Å². The van der Waals surface area contributed by atoms with E-state index in [1.807, 2.05) is 18.3 Å². The van der Waals surface area contributed by atoms with E-state index in [0.717, 1.165) is 11.3 Å². The van der Waals surface area contributed by atoms with Crippen LogP contribution in [0.5, 0.6) is 0 Å².